The molecule has 0 spiro atoms. The van der Waals surface area contributed by atoms with Crippen LogP contribution in [0.5, 0.6) is 0 Å². The van der Waals surface area contributed by atoms with Crippen molar-refractivity contribution in [2.75, 3.05) is 13.1 Å². The number of rotatable bonds is 3. The first-order valence-electron chi connectivity index (χ1n) is 6.98. The van der Waals surface area contributed by atoms with Gasteiger partial charge in [0.05, 0.1) is 0 Å². The molecule has 0 saturated carbocycles. The Kier molecular flexibility index (Phi) is 3.68. The van der Waals surface area contributed by atoms with Gasteiger partial charge in [-0.2, -0.15) is 0 Å². The zero-order valence-corrected chi connectivity index (χ0v) is 12.8. The number of piperidine rings is 1. The lowest BCUT2D eigenvalue weighted by Gasteiger charge is -2.35. The van der Waals surface area contributed by atoms with Crippen LogP contribution in [0.2, 0.25) is 0 Å². The highest BCUT2D eigenvalue weighted by Crippen LogP contribution is 2.34. The van der Waals surface area contributed by atoms with E-state index in [1.807, 2.05) is 0 Å². The second-order valence-electron chi connectivity index (χ2n) is 5.65. The van der Waals surface area contributed by atoms with E-state index in [2.05, 4.69) is 5.16 Å². The number of hydrogen-bond donors (Lipinski definition) is 0. The smallest absolute Gasteiger partial charge is 0.253 e. The molecule has 22 heavy (non-hydrogen) atoms. The molecule has 3 rings (SSSR count). The van der Waals surface area contributed by atoms with E-state index in [4.69, 9.17) is 4.52 Å². The largest absolute Gasteiger partial charge is 0.356 e. The molecule has 1 atom stereocenters. The van der Waals surface area contributed by atoms with Gasteiger partial charge in [-0.15, -0.1) is 0 Å². The summed E-state index contributed by atoms with van der Waals surface area (Å²) >= 11 is 0. The monoisotopic (exact) mass is 330 g/mol. The Morgan fingerprint density at radius 2 is 2.14 bits per heavy atom. The number of benzene rings is 1. The van der Waals surface area contributed by atoms with Crippen molar-refractivity contribution in [3.63, 3.8) is 0 Å². The van der Waals surface area contributed by atoms with Gasteiger partial charge >= 0.3 is 0 Å². The summed E-state index contributed by atoms with van der Waals surface area (Å²) < 4.78 is 58.1. The van der Waals surface area contributed by atoms with Crippen LogP contribution >= 0.6 is 0 Å². The highest BCUT2D eigenvalue weighted by Gasteiger charge is 2.44. The first-order chi connectivity index (χ1) is 10.3. The molecule has 8 heteroatoms. The minimum atomic E-state index is -3.70. The number of halogens is 2. The molecule has 2 heterocycles. The Morgan fingerprint density at radius 3 is 2.86 bits per heavy atom. The quantitative estimate of drug-likeness (QED) is 0.868. The van der Waals surface area contributed by atoms with Crippen LogP contribution in [0.25, 0.3) is 11.0 Å². The highest BCUT2D eigenvalue weighted by molar-refractivity contribution is 7.88. The third kappa shape index (κ3) is 2.72. The molecule has 1 aromatic carbocycles. The number of fused-ring (bicyclic) bond motifs is 1. The van der Waals surface area contributed by atoms with E-state index >= 15 is 0 Å². The molecule has 1 aliphatic heterocycles. The van der Waals surface area contributed by atoms with Crippen molar-refractivity contribution < 1.29 is 21.7 Å². The first-order valence-corrected chi connectivity index (χ1v) is 8.59. The molecule has 2 aromatic rings. The number of alkyl halides is 2. The fourth-order valence-electron chi connectivity index (χ4n) is 2.61. The molecule has 0 radical (unpaired) electrons. The van der Waals surface area contributed by atoms with E-state index in [0.717, 1.165) is 4.31 Å². The van der Waals surface area contributed by atoms with Gasteiger partial charge in [0, 0.05) is 30.8 Å². The van der Waals surface area contributed by atoms with E-state index in [9.17, 15) is 17.2 Å². The summed E-state index contributed by atoms with van der Waals surface area (Å²) in [6.07, 6.45) is -0.451. The molecular formula is C14H16F2N2O3S. The normalized spacial score (nSPS) is 23.0. The van der Waals surface area contributed by atoms with Crippen LogP contribution in [0.4, 0.5) is 8.78 Å². The van der Waals surface area contributed by atoms with Crippen LogP contribution in [-0.2, 0) is 15.8 Å². The maximum Gasteiger partial charge on any atom is 0.253 e. The number of sulfonamides is 1. The zero-order chi connectivity index (χ0) is 16.0. The lowest BCUT2D eigenvalue weighted by molar-refractivity contribution is -0.0853. The van der Waals surface area contributed by atoms with Crippen LogP contribution in [0, 0.1) is 5.92 Å². The molecular weight excluding hydrogens is 314 g/mol. The van der Waals surface area contributed by atoms with Crippen molar-refractivity contribution in [3.05, 3.63) is 30.0 Å². The SMILES string of the molecule is CC1CN(S(=O)(=O)Cc2noc3ccccc23)CCC1(F)F. The van der Waals surface area contributed by atoms with Gasteiger partial charge in [-0.1, -0.05) is 24.2 Å². The highest BCUT2D eigenvalue weighted by atomic mass is 32.2. The summed E-state index contributed by atoms with van der Waals surface area (Å²) in [5.41, 5.74) is 0.812. The molecule has 1 aliphatic rings. The summed E-state index contributed by atoms with van der Waals surface area (Å²) in [6, 6.07) is 6.95. The molecule has 1 fully saturated rings. The van der Waals surface area contributed by atoms with Crippen LogP contribution in [0.15, 0.2) is 28.8 Å². The topological polar surface area (TPSA) is 63.4 Å². The van der Waals surface area contributed by atoms with Gasteiger partial charge in [-0.05, 0) is 12.1 Å². The lowest BCUT2D eigenvalue weighted by Crippen LogP contribution is -2.48. The van der Waals surface area contributed by atoms with Crippen LogP contribution in [0.1, 0.15) is 19.0 Å². The van der Waals surface area contributed by atoms with Crippen LogP contribution in [-0.4, -0.2) is 36.9 Å². The minimum absolute atomic E-state index is 0.171. The van der Waals surface area contributed by atoms with Gasteiger partial charge in [0.15, 0.2) is 5.58 Å². The predicted octanol–water partition coefficient (Wildman–Crippen LogP) is 2.63. The third-order valence-electron chi connectivity index (χ3n) is 4.06. The number of para-hydroxylation sites is 1. The van der Waals surface area contributed by atoms with Crippen molar-refractivity contribution in [3.8, 4) is 0 Å². The maximum atomic E-state index is 13.5. The molecule has 1 unspecified atom stereocenters. The lowest BCUT2D eigenvalue weighted by atomic mass is 9.97. The molecule has 0 aliphatic carbocycles. The van der Waals surface area contributed by atoms with Crippen molar-refractivity contribution >= 4 is 21.0 Å². The molecule has 120 valence electrons. The summed E-state index contributed by atoms with van der Waals surface area (Å²) in [7, 11) is -3.70. The van der Waals surface area contributed by atoms with Crippen molar-refractivity contribution in [2.24, 2.45) is 5.92 Å². The molecule has 1 saturated heterocycles. The van der Waals surface area contributed by atoms with E-state index < -0.39 is 28.3 Å². The fraction of sp³-hybridized carbons (Fsp3) is 0.500. The number of hydrogen-bond acceptors (Lipinski definition) is 4. The minimum Gasteiger partial charge on any atom is -0.356 e. The zero-order valence-electron chi connectivity index (χ0n) is 12.0. The van der Waals surface area contributed by atoms with Crippen molar-refractivity contribution in [1.29, 1.82) is 0 Å². The van der Waals surface area contributed by atoms with Crippen LogP contribution in [0.3, 0.4) is 0 Å². The predicted molar refractivity (Wildman–Crippen MR) is 76.9 cm³/mol. The van der Waals surface area contributed by atoms with Crippen molar-refractivity contribution in [1.82, 2.24) is 9.46 Å². The van der Waals surface area contributed by atoms with Gasteiger partial charge in [0.25, 0.3) is 5.92 Å². The average molecular weight is 330 g/mol. The van der Waals surface area contributed by atoms with Crippen LogP contribution < -0.4 is 0 Å². The molecule has 0 amide bonds. The molecule has 0 bridgehead atoms. The van der Waals surface area contributed by atoms with Gasteiger partial charge in [-0.3, -0.25) is 0 Å². The van der Waals surface area contributed by atoms with Gasteiger partial charge in [-0.25, -0.2) is 21.5 Å². The van der Waals surface area contributed by atoms with Gasteiger partial charge in [0.2, 0.25) is 10.0 Å². The summed E-state index contributed by atoms with van der Waals surface area (Å²) in [5.74, 6) is -4.15. The molecule has 5 nitrogen and oxygen atoms in total. The van der Waals surface area contributed by atoms with Crippen molar-refractivity contribution in [2.45, 2.75) is 25.0 Å². The molecule has 0 N–H and O–H groups in total. The molecule has 1 aromatic heterocycles. The van der Waals surface area contributed by atoms with E-state index in [0.29, 0.717) is 16.7 Å². The Bertz CT molecular complexity index is 788. The van der Waals surface area contributed by atoms with E-state index in [-0.39, 0.29) is 18.8 Å². The Labute approximate surface area is 126 Å². The number of aromatic nitrogens is 1. The standard InChI is InChI=1S/C14H16F2N2O3S/c1-10-8-18(7-6-14(10,15)16)22(19,20)9-12-11-4-2-3-5-13(11)21-17-12/h2-5,10H,6-9H2,1H3. The Balaban J connectivity index is 1.82. The van der Waals surface area contributed by atoms with Gasteiger partial charge < -0.3 is 4.52 Å². The fourth-order valence-corrected chi connectivity index (χ4v) is 4.17. The maximum absolute atomic E-state index is 13.5. The second kappa shape index (κ2) is 5.27. The van der Waals surface area contributed by atoms with E-state index in [1.165, 1.54) is 6.92 Å². The first kappa shape index (κ1) is 15.4. The average Bonchev–Trinajstić information content (AvgIpc) is 2.85. The summed E-state index contributed by atoms with van der Waals surface area (Å²) in [5, 5.41) is 4.42. The van der Waals surface area contributed by atoms with Gasteiger partial charge in [0.1, 0.15) is 11.4 Å². The van der Waals surface area contributed by atoms with E-state index in [1.54, 1.807) is 24.3 Å². The second-order valence-corrected chi connectivity index (χ2v) is 7.62. The summed E-state index contributed by atoms with van der Waals surface area (Å²) in [6.45, 7) is 1.02. The third-order valence-corrected chi connectivity index (χ3v) is 5.81. The number of nitrogens with zero attached hydrogens (tertiary/aromatic N) is 2. The Hall–Kier alpha value is -1.54. The Morgan fingerprint density at radius 1 is 1.41 bits per heavy atom. The summed E-state index contributed by atoms with van der Waals surface area (Å²) in [4.78, 5) is 0.